The Balaban J connectivity index is 1.82. The first-order chi connectivity index (χ1) is 11.4. The fourth-order valence-corrected chi connectivity index (χ4v) is 4.10. The highest BCUT2D eigenvalue weighted by molar-refractivity contribution is 9.10. The molecule has 0 saturated carbocycles. The van der Waals surface area contributed by atoms with Gasteiger partial charge in [0.25, 0.3) is 5.69 Å². The number of rotatable bonds is 3. The van der Waals surface area contributed by atoms with Crippen molar-refractivity contribution in [1.29, 1.82) is 0 Å². The van der Waals surface area contributed by atoms with Gasteiger partial charge in [0, 0.05) is 10.5 Å². The van der Waals surface area contributed by atoms with Gasteiger partial charge in [-0.1, -0.05) is 28.1 Å². The Labute approximate surface area is 144 Å². The first-order valence-corrected chi connectivity index (χ1v) is 7.99. The van der Waals surface area contributed by atoms with Crippen molar-refractivity contribution < 1.29 is 24.4 Å². The van der Waals surface area contributed by atoms with Crippen LogP contribution in [-0.4, -0.2) is 40.2 Å². The Morgan fingerprint density at radius 1 is 1.38 bits per heavy atom. The monoisotopic (exact) mass is 394 g/mol. The number of halogens is 1. The molecule has 3 aliphatic rings. The standard InChI is InChI=1S/C15H11BrN2O6/c16-7-1-2-8(9(5-7)18(22)23)17-13(20)11-10-3-4-15(6-19,24-10)12(11)14(17)21/h1-5,10-12,19H,6H2/t10-,11+,12-,15+/m1/s1. The van der Waals surface area contributed by atoms with E-state index in [0.717, 1.165) is 4.90 Å². The van der Waals surface area contributed by atoms with Gasteiger partial charge >= 0.3 is 0 Å². The third-order valence-electron chi connectivity index (χ3n) is 4.78. The molecule has 1 N–H and O–H groups in total. The first-order valence-electron chi connectivity index (χ1n) is 7.19. The van der Waals surface area contributed by atoms with E-state index >= 15 is 0 Å². The highest BCUT2D eigenvalue weighted by Crippen LogP contribution is 2.53. The topological polar surface area (TPSA) is 110 Å². The zero-order valence-electron chi connectivity index (χ0n) is 12.1. The van der Waals surface area contributed by atoms with Gasteiger partial charge in [0.2, 0.25) is 11.8 Å². The number of hydrogen-bond donors (Lipinski definition) is 1. The maximum atomic E-state index is 12.9. The molecular weight excluding hydrogens is 384 g/mol. The number of ether oxygens (including phenoxy) is 1. The molecule has 0 aromatic heterocycles. The number of imide groups is 1. The van der Waals surface area contributed by atoms with Crippen LogP contribution in [0.3, 0.4) is 0 Å². The van der Waals surface area contributed by atoms with Gasteiger partial charge in [-0.2, -0.15) is 0 Å². The van der Waals surface area contributed by atoms with E-state index in [-0.39, 0.29) is 11.4 Å². The Bertz CT molecular complexity index is 824. The lowest BCUT2D eigenvalue weighted by atomic mass is 9.77. The molecule has 3 aliphatic heterocycles. The SMILES string of the molecule is O=C1[C@H]2[C@H]3C=C[C@@](CO)(O3)[C@H]2C(=O)N1c1ccc(Br)cc1[N+](=O)[O-]. The van der Waals surface area contributed by atoms with Crippen LogP contribution in [-0.2, 0) is 14.3 Å². The fourth-order valence-electron chi connectivity index (χ4n) is 3.75. The number of carbonyl (C=O) groups is 2. The lowest BCUT2D eigenvalue weighted by molar-refractivity contribution is -0.384. The van der Waals surface area contributed by atoms with Gasteiger partial charge in [0.15, 0.2) is 0 Å². The maximum absolute atomic E-state index is 12.9. The molecule has 4 rings (SSSR count). The Hall–Kier alpha value is -2.10. The summed E-state index contributed by atoms with van der Waals surface area (Å²) in [4.78, 5) is 37.2. The summed E-state index contributed by atoms with van der Waals surface area (Å²) in [6.07, 6.45) is 2.66. The van der Waals surface area contributed by atoms with Gasteiger partial charge in [-0.25, -0.2) is 4.90 Å². The van der Waals surface area contributed by atoms with Crippen LogP contribution in [0.4, 0.5) is 11.4 Å². The van der Waals surface area contributed by atoms with E-state index < -0.39 is 46.9 Å². The molecule has 1 aromatic rings. The summed E-state index contributed by atoms with van der Waals surface area (Å²) < 4.78 is 6.09. The minimum atomic E-state index is -1.22. The number of benzene rings is 1. The molecule has 124 valence electrons. The molecule has 2 amide bonds. The van der Waals surface area contributed by atoms with Crippen molar-refractivity contribution in [3.8, 4) is 0 Å². The number of nitro groups is 1. The summed E-state index contributed by atoms with van der Waals surface area (Å²) >= 11 is 3.14. The van der Waals surface area contributed by atoms with Crippen molar-refractivity contribution in [2.75, 3.05) is 11.5 Å². The summed E-state index contributed by atoms with van der Waals surface area (Å²) in [5, 5.41) is 21.0. The van der Waals surface area contributed by atoms with Gasteiger partial charge in [-0.15, -0.1) is 0 Å². The van der Waals surface area contributed by atoms with Crippen LogP contribution >= 0.6 is 15.9 Å². The molecule has 8 nitrogen and oxygen atoms in total. The Morgan fingerprint density at radius 3 is 2.79 bits per heavy atom. The number of aliphatic hydroxyl groups excluding tert-OH is 1. The molecule has 0 spiro atoms. The van der Waals surface area contributed by atoms with Crippen LogP contribution in [0.2, 0.25) is 0 Å². The Morgan fingerprint density at radius 2 is 2.12 bits per heavy atom. The first kappa shape index (κ1) is 15.4. The molecule has 24 heavy (non-hydrogen) atoms. The molecule has 0 unspecified atom stereocenters. The normalized spacial score (nSPS) is 33.4. The van der Waals surface area contributed by atoms with E-state index in [2.05, 4.69) is 15.9 Å². The molecule has 2 saturated heterocycles. The van der Waals surface area contributed by atoms with Crippen LogP contribution < -0.4 is 4.90 Å². The van der Waals surface area contributed by atoms with Crippen molar-refractivity contribution in [2.45, 2.75) is 11.7 Å². The minimum Gasteiger partial charge on any atom is -0.393 e. The number of anilines is 1. The average Bonchev–Trinajstić information content (AvgIpc) is 3.19. The molecular formula is C15H11BrN2O6. The fraction of sp³-hybridized carbons (Fsp3) is 0.333. The van der Waals surface area contributed by atoms with E-state index in [0.29, 0.717) is 4.47 Å². The van der Waals surface area contributed by atoms with Crippen molar-refractivity contribution in [2.24, 2.45) is 11.8 Å². The number of fused-ring (bicyclic) bond motifs is 5. The highest BCUT2D eigenvalue weighted by Gasteiger charge is 2.68. The minimum absolute atomic E-state index is 0.0694. The van der Waals surface area contributed by atoms with Gasteiger partial charge in [-0.05, 0) is 12.1 Å². The highest BCUT2D eigenvalue weighted by atomic mass is 79.9. The van der Waals surface area contributed by atoms with Crippen LogP contribution in [0.15, 0.2) is 34.8 Å². The van der Waals surface area contributed by atoms with Gasteiger partial charge in [0.1, 0.15) is 11.3 Å². The van der Waals surface area contributed by atoms with E-state index in [4.69, 9.17) is 4.74 Å². The second-order valence-electron chi connectivity index (χ2n) is 5.96. The summed E-state index contributed by atoms with van der Waals surface area (Å²) in [6.45, 7) is -0.434. The number of nitrogens with zero attached hydrogens (tertiary/aromatic N) is 2. The number of aliphatic hydroxyl groups is 1. The van der Waals surface area contributed by atoms with Crippen LogP contribution in [0.5, 0.6) is 0 Å². The maximum Gasteiger partial charge on any atom is 0.294 e. The van der Waals surface area contributed by atoms with Gasteiger partial charge in [0.05, 0.1) is 29.5 Å². The van der Waals surface area contributed by atoms with E-state index in [1.807, 2.05) is 0 Å². The number of hydrogen-bond acceptors (Lipinski definition) is 6. The lowest BCUT2D eigenvalue weighted by Crippen LogP contribution is -2.43. The number of amides is 2. The molecule has 2 fully saturated rings. The van der Waals surface area contributed by atoms with Gasteiger partial charge in [-0.3, -0.25) is 19.7 Å². The van der Waals surface area contributed by atoms with Crippen LogP contribution in [0.25, 0.3) is 0 Å². The second-order valence-corrected chi connectivity index (χ2v) is 6.88. The third kappa shape index (κ3) is 1.80. The van der Waals surface area contributed by atoms with Crippen LogP contribution in [0.1, 0.15) is 0 Å². The molecule has 9 heteroatoms. The van der Waals surface area contributed by atoms with E-state index in [1.165, 1.54) is 18.2 Å². The molecule has 0 radical (unpaired) electrons. The predicted molar refractivity (Wildman–Crippen MR) is 84.1 cm³/mol. The quantitative estimate of drug-likeness (QED) is 0.356. The Kier molecular flexibility index (Phi) is 3.18. The zero-order valence-corrected chi connectivity index (χ0v) is 13.7. The number of carbonyl (C=O) groups excluding carboxylic acids is 2. The summed E-state index contributed by atoms with van der Waals surface area (Å²) in [5.41, 5.74) is -1.63. The second kappa shape index (κ2) is 4.95. The lowest BCUT2D eigenvalue weighted by Gasteiger charge is -2.26. The van der Waals surface area contributed by atoms with E-state index in [9.17, 15) is 24.8 Å². The largest absolute Gasteiger partial charge is 0.393 e. The molecule has 3 heterocycles. The number of nitro benzene ring substituents is 1. The molecule has 1 aromatic carbocycles. The van der Waals surface area contributed by atoms with Crippen LogP contribution in [0, 0.1) is 22.0 Å². The smallest absolute Gasteiger partial charge is 0.294 e. The molecule has 0 aliphatic carbocycles. The summed E-state index contributed by atoms with van der Waals surface area (Å²) in [7, 11) is 0. The third-order valence-corrected chi connectivity index (χ3v) is 5.27. The van der Waals surface area contributed by atoms with Crippen molar-refractivity contribution in [1.82, 2.24) is 0 Å². The van der Waals surface area contributed by atoms with E-state index in [1.54, 1.807) is 12.2 Å². The molecule has 4 atom stereocenters. The zero-order chi connectivity index (χ0) is 17.2. The van der Waals surface area contributed by atoms with Crippen molar-refractivity contribution in [3.63, 3.8) is 0 Å². The molecule has 2 bridgehead atoms. The van der Waals surface area contributed by atoms with Gasteiger partial charge < -0.3 is 9.84 Å². The summed E-state index contributed by atoms with van der Waals surface area (Å²) in [6, 6.07) is 4.14. The average molecular weight is 395 g/mol. The van der Waals surface area contributed by atoms with Crippen molar-refractivity contribution >= 4 is 39.1 Å². The predicted octanol–water partition coefficient (Wildman–Crippen LogP) is 1.16. The van der Waals surface area contributed by atoms with Crippen molar-refractivity contribution in [3.05, 3.63) is 44.9 Å². The summed E-state index contributed by atoms with van der Waals surface area (Å²) in [5.74, 6) is -2.76.